The molecule has 18 heavy (non-hydrogen) atoms. The normalized spacial score (nSPS) is 13.3. The van der Waals surface area contributed by atoms with E-state index in [0.29, 0.717) is 18.9 Å². The summed E-state index contributed by atoms with van der Waals surface area (Å²) in [5.41, 5.74) is 0. The van der Waals surface area contributed by atoms with Crippen LogP contribution in [0.3, 0.4) is 0 Å². The smallest absolute Gasteiger partial charge is 0.175 e. The minimum Gasteiger partial charge on any atom is -0.487 e. The number of hydrogen-bond donors (Lipinski definition) is 1. The van der Waals surface area contributed by atoms with E-state index in [0.717, 1.165) is 0 Å². The predicted octanol–water partition coefficient (Wildman–Crippen LogP) is 0.703. The second-order valence-corrected chi connectivity index (χ2v) is 6.01. The van der Waals surface area contributed by atoms with Crippen molar-refractivity contribution in [1.29, 1.82) is 0 Å². The zero-order valence-corrected chi connectivity index (χ0v) is 11.7. The SMILES string of the molecule is CNCC(COC)Oc1ccc(S(C)(=O)=O)cc1. The number of ether oxygens (including phenoxy) is 2. The lowest BCUT2D eigenvalue weighted by atomic mass is 10.3. The number of hydrogen-bond acceptors (Lipinski definition) is 5. The molecule has 102 valence electrons. The zero-order valence-electron chi connectivity index (χ0n) is 10.8. The fourth-order valence-corrected chi connectivity index (χ4v) is 2.14. The van der Waals surface area contributed by atoms with Gasteiger partial charge in [0.2, 0.25) is 0 Å². The quantitative estimate of drug-likeness (QED) is 0.792. The van der Waals surface area contributed by atoms with Gasteiger partial charge in [-0.3, -0.25) is 0 Å². The molecule has 0 aliphatic rings. The maximum Gasteiger partial charge on any atom is 0.175 e. The molecule has 0 radical (unpaired) electrons. The maximum atomic E-state index is 11.3. The molecule has 0 heterocycles. The van der Waals surface area contributed by atoms with Crippen LogP contribution in [0.25, 0.3) is 0 Å². The molecule has 0 fully saturated rings. The van der Waals surface area contributed by atoms with Gasteiger partial charge < -0.3 is 14.8 Å². The van der Waals surface area contributed by atoms with Crippen molar-refractivity contribution in [1.82, 2.24) is 5.32 Å². The molecule has 1 N–H and O–H groups in total. The third-order valence-electron chi connectivity index (χ3n) is 2.34. The lowest BCUT2D eigenvalue weighted by Gasteiger charge is -2.18. The van der Waals surface area contributed by atoms with Crippen LogP contribution in [-0.2, 0) is 14.6 Å². The van der Waals surface area contributed by atoms with E-state index in [2.05, 4.69) is 5.32 Å². The predicted molar refractivity (Wildman–Crippen MR) is 69.8 cm³/mol. The highest BCUT2D eigenvalue weighted by atomic mass is 32.2. The monoisotopic (exact) mass is 273 g/mol. The molecule has 1 aromatic rings. The summed E-state index contributed by atoms with van der Waals surface area (Å²) in [5, 5.41) is 3.01. The Balaban J connectivity index is 2.73. The second-order valence-electron chi connectivity index (χ2n) is 4.00. The van der Waals surface area contributed by atoms with Crippen molar-refractivity contribution in [3.05, 3.63) is 24.3 Å². The van der Waals surface area contributed by atoms with Gasteiger partial charge in [-0.2, -0.15) is 0 Å². The highest BCUT2D eigenvalue weighted by Crippen LogP contribution is 2.17. The maximum absolute atomic E-state index is 11.3. The second kappa shape index (κ2) is 6.72. The van der Waals surface area contributed by atoms with Gasteiger partial charge in [0.15, 0.2) is 9.84 Å². The van der Waals surface area contributed by atoms with Crippen LogP contribution in [0, 0.1) is 0 Å². The number of nitrogens with one attached hydrogen (secondary N) is 1. The summed E-state index contributed by atoms with van der Waals surface area (Å²) in [5.74, 6) is 0.625. The first-order valence-corrected chi connectivity index (χ1v) is 7.47. The molecule has 0 amide bonds. The molecule has 0 saturated heterocycles. The van der Waals surface area contributed by atoms with Gasteiger partial charge in [-0.1, -0.05) is 0 Å². The summed E-state index contributed by atoms with van der Waals surface area (Å²) in [6, 6.07) is 6.37. The number of methoxy groups -OCH3 is 1. The Morgan fingerprint density at radius 2 is 1.89 bits per heavy atom. The number of benzene rings is 1. The molecule has 0 bridgehead atoms. The fourth-order valence-electron chi connectivity index (χ4n) is 1.51. The van der Waals surface area contributed by atoms with Gasteiger partial charge in [0.05, 0.1) is 11.5 Å². The van der Waals surface area contributed by atoms with Gasteiger partial charge in [-0.25, -0.2) is 8.42 Å². The first-order valence-electron chi connectivity index (χ1n) is 5.57. The van der Waals surface area contributed by atoms with Crippen molar-refractivity contribution in [2.45, 2.75) is 11.0 Å². The highest BCUT2D eigenvalue weighted by Gasteiger charge is 2.11. The van der Waals surface area contributed by atoms with Gasteiger partial charge in [0.25, 0.3) is 0 Å². The van der Waals surface area contributed by atoms with Gasteiger partial charge in [0, 0.05) is 19.9 Å². The van der Waals surface area contributed by atoms with Crippen molar-refractivity contribution < 1.29 is 17.9 Å². The molecule has 0 aliphatic carbocycles. The summed E-state index contributed by atoms with van der Waals surface area (Å²) in [7, 11) is 0.281. The minimum atomic E-state index is -3.16. The third-order valence-corrected chi connectivity index (χ3v) is 3.47. The Morgan fingerprint density at radius 1 is 1.28 bits per heavy atom. The standard InChI is InChI=1S/C12H19NO4S/c1-13-8-11(9-16-2)17-10-4-6-12(7-5-10)18(3,14)15/h4-7,11,13H,8-9H2,1-3H3. The Bertz CT molecular complexity index is 449. The van der Waals surface area contributed by atoms with E-state index >= 15 is 0 Å². The van der Waals surface area contributed by atoms with Gasteiger partial charge in [0.1, 0.15) is 11.9 Å². The first-order chi connectivity index (χ1) is 8.47. The third kappa shape index (κ3) is 4.64. The lowest BCUT2D eigenvalue weighted by molar-refractivity contribution is 0.0818. The Labute approximate surface area is 108 Å². The van der Waals surface area contributed by atoms with E-state index in [1.165, 1.54) is 18.4 Å². The van der Waals surface area contributed by atoms with Crippen molar-refractivity contribution in [2.75, 3.05) is 33.6 Å². The van der Waals surface area contributed by atoms with E-state index in [-0.39, 0.29) is 11.0 Å². The largest absolute Gasteiger partial charge is 0.487 e. The molecule has 6 heteroatoms. The highest BCUT2D eigenvalue weighted by molar-refractivity contribution is 7.90. The molecule has 5 nitrogen and oxygen atoms in total. The van der Waals surface area contributed by atoms with Gasteiger partial charge >= 0.3 is 0 Å². The van der Waals surface area contributed by atoms with Crippen molar-refractivity contribution in [2.24, 2.45) is 0 Å². The van der Waals surface area contributed by atoms with Crippen LogP contribution in [0.15, 0.2) is 29.2 Å². The first kappa shape index (κ1) is 14.9. The fraction of sp³-hybridized carbons (Fsp3) is 0.500. The van der Waals surface area contributed by atoms with E-state index in [4.69, 9.17) is 9.47 Å². The molecular weight excluding hydrogens is 254 g/mol. The molecule has 1 unspecified atom stereocenters. The molecule has 0 saturated carbocycles. The van der Waals surface area contributed by atoms with Crippen LogP contribution in [0.2, 0.25) is 0 Å². The molecule has 1 aromatic carbocycles. The number of sulfone groups is 1. The van der Waals surface area contributed by atoms with Crippen LogP contribution in [0.1, 0.15) is 0 Å². The molecule has 0 aliphatic heterocycles. The van der Waals surface area contributed by atoms with Crippen LogP contribution < -0.4 is 10.1 Å². The summed E-state index contributed by atoms with van der Waals surface area (Å²) >= 11 is 0. The number of rotatable bonds is 7. The topological polar surface area (TPSA) is 64.6 Å². The van der Waals surface area contributed by atoms with E-state index in [9.17, 15) is 8.42 Å². The number of likely N-dealkylation sites (N-methyl/N-ethyl adjacent to an activating group) is 1. The zero-order chi connectivity index (χ0) is 13.6. The van der Waals surface area contributed by atoms with Crippen molar-refractivity contribution in [3.63, 3.8) is 0 Å². The molecular formula is C12H19NO4S. The van der Waals surface area contributed by atoms with Crippen molar-refractivity contribution in [3.8, 4) is 5.75 Å². The Morgan fingerprint density at radius 3 is 2.33 bits per heavy atom. The van der Waals surface area contributed by atoms with Gasteiger partial charge in [-0.05, 0) is 31.3 Å². The average molecular weight is 273 g/mol. The molecule has 1 rings (SSSR count). The minimum absolute atomic E-state index is 0.107. The Kier molecular flexibility index (Phi) is 5.58. The van der Waals surface area contributed by atoms with Crippen LogP contribution in [0.4, 0.5) is 0 Å². The van der Waals surface area contributed by atoms with E-state index in [1.807, 2.05) is 7.05 Å². The van der Waals surface area contributed by atoms with Crippen LogP contribution in [0.5, 0.6) is 5.75 Å². The summed E-state index contributed by atoms with van der Waals surface area (Å²) in [4.78, 5) is 0.284. The lowest BCUT2D eigenvalue weighted by Crippen LogP contribution is -2.33. The summed E-state index contributed by atoms with van der Waals surface area (Å²) in [6.07, 6.45) is 1.07. The van der Waals surface area contributed by atoms with Crippen molar-refractivity contribution >= 4 is 9.84 Å². The molecule has 0 aromatic heterocycles. The average Bonchev–Trinajstić information content (AvgIpc) is 2.29. The van der Waals surface area contributed by atoms with E-state index < -0.39 is 9.84 Å². The summed E-state index contributed by atoms with van der Waals surface area (Å²) < 4.78 is 33.3. The van der Waals surface area contributed by atoms with E-state index in [1.54, 1.807) is 19.2 Å². The van der Waals surface area contributed by atoms with Gasteiger partial charge in [-0.15, -0.1) is 0 Å². The molecule has 0 spiro atoms. The molecule has 1 atom stereocenters. The summed E-state index contributed by atoms with van der Waals surface area (Å²) in [6.45, 7) is 1.12. The van der Waals surface area contributed by atoms with Crippen LogP contribution >= 0.6 is 0 Å². The Hall–Kier alpha value is -1.11. The van der Waals surface area contributed by atoms with Crippen LogP contribution in [-0.4, -0.2) is 48.1 Å².